The summed E-state index contributed by atoms with van der Waals surface area (Å²) < 4.78 is 2.93. The van der Waals surface area contributed by atoms with Gasteiger partial charge in [-0.3, -0.25) is 5.84 Å². The third-order valence-corrected chi connectivity index (χ3v) is 5.83. The van der Waals surface area contributed by atoms with E-state index in [0.717, 1.165) is 19.9 Å². The number of aromatic nitrogens is 2. The molecule has 1 aliphatic rings. The first-order chi connectivity index (χ1) is 8.43. The van der Waals surface area contributed by atoms with Gasteiger partial charge in [-0.1, -0.05) is 16.0 Å². The fraction of sp³-hybridized carbons (Fsp3) is 0.455. The highest BCUT2D eigenvalue weighted by molar-refractivity contribution is 7.99. The van der Waals surface area contributed by atoms with Crippen molar-refractivity contribution in [1.29, 1.82) is 0 Å². The van der Waals surface area contributed by atoms with E-state index in [9.17, 15) is 9.90 Å². The highest BCUT2D eigenvalue weighted by atomic mass is 32.2. The van der Waals surface area contributed by atoms with Gasteiger partial charge in [0.15, 0.2) is 0 Å². The van der Waals surface area contributed by atoms with Crippen LogP contribution in [-0.2, 0) is 0 Å². The van der Waals surface area contributed by atoms with Crippen molar-refractivity contribution in [2.75, 3.05) is 5.84 Å². The molecule has 0 amide bonds. The van der Waals surface area contributed by atoms with E-state index < -0.39 is 6.23 Å². The number of hydrogen-bond donors (Lipinski definition) is 2. The number of nitrogens with zero attached hydrogens (tertiary/aromatic N) is 2. The second-order valence-corrected chi connectivity index (χ2v) is 7.08. The van der Waals surface area contributed by atoms with E-state index in [-0.39, 0.29) is 10.8 Å². The molecule has 2 aromatic heterocycles. The van der Waals surface area contributed by atoms with Crippen molar-refractivity contribution in [3.05, 3.63) is 20.8 Å². The smallest absolute Gasteiger partial charge is 0.354 e. The van der Waals surface area contributed by atoms with Crippen LogP contribution < -0.4 is 16.0 Å². The van der Waals surface area contributed by atoms with Gasteiger partial charge in [0.25, 0.3) is 0 Å². The summed E-state index contributed by atoms with van der Waals surface area (Å²) in [5.41, 5.74) is 0.762. The number of hydrogen-bond acceptors (Lipinski definition) is 5. The third-order valence-electron chi connectivity index (χ3n) is 3.41. The van der Waals surface area contributed by atoms with Crippen molar-refractivity contribution in [2.24, 2.45) is 0 Å². The molecule has 3 heterocycles. The molecule has 0 aliphatic carbocycles. The number of aliphatic hydroxyl groups excluding tert-OH is 1. The van der Waals surface area contributed by atoms with Gasteiger partial charge >= 0.3 is 10.7 Å². The maximum atomic E-state index is 12.3. The van der Waals surface area contributed by atoms with E-state index in [1.807, 2.05) is 20.8 Å². The van der Waals surface area contributed by atoms with Crippen LogP contribution >= 0.6 is 23.1 Å². The molecule has 5 nitrogen and oxygen atoms in total. The van der Waals surface area contributed by atoms with Crippen molar-refractivity contribution in [3.8, 4) is 0 Å². The van der Waals surface area contributed by atoms with Crippen LogP contribution in [0.25, 0.3) is 10.2 Å². The average Bonchev–Trinajstić information content (AvgIpc) is 2.77. The number of fused-ring (bicyclic) bond motifs is 3. The fourth-order valence-corrected chi connectivity index (χ4v) is 4.55. The first kappa shape index (κ1) is 12.0. The van der Waals surface area contributed by atoms with Crippen LogP contribution in [0, 0.1) is 13.8 Å². The summed E-state index contributed by atoms with van der Waals surface area (Å²) in [5, 5.41) is 11.5. The summed E-state index contributed by atoms with van der Waals surface area (Å²) in [6.45, 7) is 5.82. The minimum absolute atomic E-state index is 0.00693. The fourth-order valence-electron chi connectivity index (χ4n) is 2.22. The molecule has 2 atom stereocenters. The van der Waals surface area contributed by atoms with Crippen LogP contribution in [0.4, 0.5) is 0 Å². The molecular weight excluding hydrogens is 270 g/mol. The predicted molar refractivity (Wildman–Crippen MR) is 72.5 cm³/mol. The number of thioether (sulfide) groups is 1. The first-order valence-corrected chi connectivity index (χ1v) is 7.33. The lowest BCUT2D eigenvalue weighted by atomic mass is 10.2. The summed E-state index contributed by atoms with van der Waals surface area (Å²) in [6.07, 6.45) is -0.639. The van der Waals surface area contributed by atoms with Crippen LogP contribution in [0.15, 0.2) is 9.95 Å². The van der Waals surface area contributed by atoms with E-state index in [4.69, 9.17) is 5.84 Å². The maximum Gasteiger partial charge on any atom is 0.370 e. The minimum atomic E-state index is -0.639. The molecule has 0 spiro atoms. The van der Waals surface area contributed by atoms with E-state index in [1.54, 1.807) is 4.57 Å². The van der Waals surface area contributed by atoms with Crippen molar-refractivity contribution in [2.45, 2.75) is 37.4 Å². The van der Waals surface area contributed by atoms with Gasteiger partial charge in [-0.2, -0.15) is 4.57 Å². The quantitative estimate of drug-likeness (QED) is 0.424. The van der Waals surface area contributed by atoms with Gasteiger partial charge in [0.2, 0.25) is 11.1 Å². The number of thiophene rings is 1. The van der Waals surface area contributed by atoms with Crippen LogP contribution in [0.5, 0.6) is 0 Å². The molecule has 0 saturated heterocycles. The molecule has 0 saturated carbocycles. The molecule has 1 aliphatic heterocycles. The summed E-state index contributed by atoms with van der Waals surface area (Å²) in [5.74, 6) is 5.86. The molecule has 2 aromatic rings. The van der Waals surface area contributed by atoms with Crippen LogP contribution in [0.3, 0.4) is 0 Å². The molecule has 3 rings (SSSR count). The van der Waals surface area contributed by atoms with E-state index >= 15 is 0 Å². The Morgan fingerprint density at radius 1 is 1.44 bits per heavy atom. The Balaban J connectivity index is 2.54. The van der Waals surface area contributed by atoms with E-state index in [2.05, 4.69) is 0 Å². The summed E-state index contributed by atoms with van der Waals surface area (Å²) >= 11 is 2.96. The van der Waals surface area contributed by atoms with Crippen LogP contribution in [0.1, 0.15) is 23.6 Å². The number of nitrogen functional groups attached to an aromatic ring is 1. The molecule has 0 fully saturated rings. The lowest BCUT2D eigenvalue weighted by molar-refractivity contribution is -0.765. The third kappa shape index (κ3) is 1.32. The molecule has 2 unspecified atom stereocenters. The Kier molecular flexibility index (Phi) is 2.48. The molecule has 0 aromatic carbocycles. The van der Waals surface area contributed by atoms with Crippen molar-refractivity contribution in [3.63, 3.8) is 0 Å². The minimum Gasteiger partial charge on any atom is -0.354 e. The van der Waals surface area contributed by atoms with Gasteiger partial charge in [0, 0.05) is 4.88 Å². The number of nitrogens with two attached hydrogens (primary N) is 1. The highest BCUT2D eigenvalue weighted by Crippen LogP contribution is 2.35. The Hall–Kier alpha value is -1.05. The van der Waals surface area contributed by atoms with Gasteiger partial charge in [-0.25, -0.2) is 4.79 Å². The van der Waals surface area contributed by atoms with Crippen molar-refractivity contribution >= 4 is 33.3 Å². The lowest BCUT2D eigenvalue weighted by Gasteiger charge is -2.05. The number of rotatable bonds is 0. The SMILES string of the molecule is Cc1sc2c(c1C)c(=O)n(N)c1[n+]2C(O)C(C)S1. The zero-order valence-electron chi connectivity index (χ0n) is 10.3. The van der Waals surface area contributed by atoms with E-state index in [0.29, 0.717) is 10.5 Å². The molecule has 0 radical (unpaired) electrons. The second kappa shape index (κ2) is 3.72. The monoisotopic (exact) mass is 284 g/mol. The molecule has 96 valence electrons. The molecule has 0 bridgehead atoms. The lowest BCUT2D eigenvalue weighted by Crippen LogP contribution is -2.47. The standard InChI is InChI=1S/C11H14N3O2S2/c1-4-5(2)17-10-7(4)9(16)14(12)11-13(10)8(15)6(3)18-11/h6,8,15H,12H2,1-3H3/q+1. The normalized spacial score (nSPS) is 22.7. The summed E-state index contributed by atoms with van der Waals surface area (Å²) in [6, 6.07) is 0. The Morgan fingerprint density at radius 2 is 2.11 bits per heavy atom. The predicted octanol–water partition coefficient (Wildman–Crippen LogP) is 0.666. The molecule has 18 heavy (non-hydrogen) atoms. The zero-order chi connectivity index (χ0) is 13.2. The first-order valence-electron chi connectivity index (χ1n) is 5.63. The second-order valence-electron chi connectivity index (χ2n) is 4.53. The Labute approximate surface area is 112 Å². The van der Waals surface area contributed by atoms with Crippen LogP contribution in [-0.4, -0.2) is 15.0 Å². The van der Waals surface area contributed by atoms with Crippen molar-refractivity contribution < 1.29 is 9.67 Å². The van der Waals surface area contributed by atoms with Gasteiger partial charge in [-0.15, -0.1) is 0 Å². The zero-order valence-corrected chi connectivity index (χ0v) is 11.9. The van der Waals surface area contributed by atoms with Gasteiger partial charge < -0.3 is 5.11 Å². The molecular formula is C11H14N3O2S2+. The van der Waals surface area contributed by atoms with E-state index in [1.165, 1.54) is 23.1 Å². The summed E-state index contributed by atoms with van der Waals surface area (Å²) in [4.78, 5) is 14.2. The van der Waals surface area contributed by atoms with Crippen LogP contribution in [0.2, 0.25) is 0 Å². The topological polar surface area (TPSA) is 72.1 Å². The number of aliphatic hydroxyl groups is 1. The van der Waals surface area contributed by atoms with Gasteiger partial charge in [0.1, 0.15) is 5.39 Å². The maximum absolute atomic E-state index is 12.3. The largest absolute Gasteiger partial charge is 0.370 e. The molecule has 7 heteroatoms. The van der Waals surface area contributed by atoms with Gasteiger partial charge in [0.05, 0.1) is 5.25 Å². The summed E-state index contributed by atoms with van der Waals surface area (Å²) in [7, 11) is 0. The number of aryl methyl sites for hydroxylation is 2. The molecule has 3 N–H and O–H groups in total. The Bertz CT molecular complexity index is 719. The average molecular weight is 284 g/mol. The Morgan fingerprint density at radius 3 is 2.78 bits per heavy atom. The van der Waals surface area contributed by atoms with Gasteiger partial charge in [-0.05, 0) is 38.1 Å². The van der Waals surface area contributed by atoms with Crippen molar-refractivity contribution in [1.82, 2.24) is 4.68 Å². The highest BCUT2D eigenvalue weighted by Gasteiger charge is 2.41.